The van der Waals surface area contributed by atoms with Crippen LogP contribution < -0.4 is 0 Å². The van der Waals surface area contributed by atoms with E-state index < -0.39 is 5.97 Å². The molecule has 0 heterocycles. The Morgan fingerprint density at radius 3 is 2.33 bits per heavy atom. The van der Waals surface area contributed by atoms with Crippen molar-refractivity contribution in [1.29, 1.82) is 0 Å². The second-order valence-electron chi connectivity index (χ2n) is 5.29. The fraction of sp³-hybridized carbons (Fsp3) is 0.500. The third-order valence-electron chi connectivity index (χ3n) is 3.53. The van der Waals surface area contributed by atoms with Crippen molar-refractivity contribution in [3.63, 3.8) is 0 Å². The van der Waals surface area contributed by atoms with Gasteiger partial charge in [0.1, 0.15) is 0 Å². The van der Waals surface area contributed by atoms with Gasteiger partial charge in [0.2, 0.25) is 5.91 Å². The minimum absolute atomic E-state index is 0.0573. The van der Waals surface area contributed by atoms with E-state index in [1.165, 1.54) is 0 Å². The summed E-state index contributed by atoms with van der Waals surface area (Å²) in [6.07, 6.45) is 2.45. The minimum atomic E-state index is -0.813. The summed E-state index contributed by atoms with van der Waals surface area (Å²) in [6.45, 7) is 2.00. The standard InChI is InChI=1S/C16H22ClNO3/c1-12(11-13-7-9-14(17)10-8-13)18(2)15(19)5-3-4-6-16(20)21/h7-10,12H,3-6,11H2,1-2H3,(H,20,21). The number of aliphatic carboxylic acids is 1. The lowest BCUT2D eigenvalue weighted by Crippen LogP contribution is -2.36. The second-order valence-corrected chi connectivity index (χ2v) is 5.72. The third kappa shape index (κ3) is 6.63. The van der Waals surface area contributed by atoms with Gasteiger partial charge >= 0.3 is 5.97 Å². The summed E-state index contributed by atoms with van der Waals surface area (Å²) in [4.78, 5) is 24.2. The third-order valence-corrected chi connectivity index (χ3v) is 3.78. The molecule has 0 saturated heterocycles. The summed E-state index contributed by atoms with van der Waals surface area (Å²) in [7, 11) is 1.79. The van der Waals surface area contributed by atoms with E-state index in [1.54, 1.807) is 11.9 Å². The van der Waals surface area contributed by atoms with E-state index in [0.29, 0.717) is 24.3 Å². The van der Waals surface area contributed by atoms with Crippen LogP contribution >= 0.6 is 11.6 Å². The lowest BCUT2D eigenvalue weighted by Gasteiger charge is -2.25. The molecule has 1 N–H and O–H groups in total. The van der Waals surface area contributed by atoms with E-state index >= 15 is 0 Å². The first-order chi connectivity index (χ1) is 9.90. The molecule has 1 rings (SSSR count). The molecule has 0 saturated carbocycles. The summed E-state index contributed by atoms with van der Waals surface area (Å²) < 4.78 is 0. The van der Waals surface area contributed by atoms with Crippen LogP contribution in [-0.2, 0) is 16.0 Å². The van der Waals surface area contributed by atoms with Crippen molar-refractivity contribution < 1.29 is 14.7 Å². The second kappa shape index (κ2) is 8.67. The Balaban J connectivity index is 2.38. The van der Waals surface area contributed by atoms with Crippen molar-refractivity contribution in [2.75, 3.05) is 7.05 Å². The van der Waals surface area contributed by atoms with Crippen LogP contribution in [0.4, 0.5) is 0 Å². The van der Waals surface area contributed by atoms with Gasteiger partial charge in [-0.15, -0.1) is 0 Å². The maximum absolute atomic E-state index is 12.0. The number of carboxylic acid groups (broad SMARTS) is 1. The summed E-state index contributed by atoms with van der Waals surface area (Å²) in [5.74, 6) is -0.756. The van der Waals surface area contributed by atoms with Gasteiger partial charge in [-0.2, -0.15) is 0 Å². The fourth-order valence-corrected chi connectivity index (χ4v) is 2.20. The van der Waals surface area contributed by atoms with Gasteiger partial charge < -0.3 is 10.0 Å². The number of carboxylic acids is 1. The van der Waals surface area contributed by atoms with E-state index in [4.69, 9.17) is 16.7 Å². The van der Waals surface area contributed by atoms with E-state index in [-0.39, 0.29) is 18.4 Å². The van der Waals surface area contributed by atoms with Crippen LogP contribution in [0.15, 0.2) is 24.3 Å². The fourth-order valence-electron chi connectivity index (χ4n) is 2.07. The molecule has 1 unspecified atom stereocenters. The highest BCUT2D eigenvalue weighted by atomic mass is 35.5. The van der Waals surface area contributed by atoms with Crippen molar-refractivity contribution >= 4 is 23.5 Å². The number of benzene rings is 1. The van der Waals surface area contributed by atoms with E-state index in [9.17, 15) is 9.59 Å². The predicted octanol–water partition coefficient (Wildman–Crippen LogP) is 3.37. The van der Waals surface area contributed by atoms with Gasteiger partial charge in [0.15, 0.2) is 0 Å². The Morgan fingerprint density at radius 1 is 1.19 bits per heavy atom. The smallest absolute Gasteiger partial charge is 0.303 e. The number of amides is 1. The Hall–Kier alpha value is -1.55. The molecule has 0 fully saturated rings. The average Bonchev–Trinajstić information content (AvgIpc) is 2.44. The summed E-state index contributed by atoms with van der Waals surface area (Å²) in [6, 6.07) is 7.71. The first-order valence-electron chi connectivity index (χ1n) is 7.12. The molecule has 21 heavy (non-hydrogen) atoms. The van der Waals surface area contributed by atoms with Crippen molar-refractivity contribution in [3.05, 3.63) is 34.9 Å². The Morgan fingerprint density at radius 2 is 1.76 bits per heavy atom. The highest BCUT2D eigenvalue weighted by Crippen LogP contribution is 2.13. The molecule has 4 nitrogen and oxygen atoms in total. The zero-order valence-electron chi connectivity index (χ0n) is 12.5. The number of rotatable bonds is 8. The molecule has 0 aliphatic heterocycles. The molecule has 1 aromatic rings. The zero-order chi connectivity index (χ0) is 15.8. The molecule has 0 aliphatic carbocycles. The summed E-state index contributed by atoms with van der Waals surface area (Å²) in [5, 5.41) is 9.26. The van der Waals surface area contributed by atoms with Gasteiger partial charge in [-0.25, -0.2) is 0 Å². The zero-order valence-corrected chi connectivity index (χ0v) is 13.3. The van der Waals surface area contributed by atoms with Gasteiger partial charge in [0.25, 0.3) is 0 Å². The van der Waals surface area contributed by atoms with Crippen molar-refractivity contribution in [2.24, 2.45) is 0 Å². The topological polar surface area (TPSA) is 57.6 Å². The van der Waals surface area contributed by atoms with Crippen LogP contribution in [0.2, 0.25) is 5.02 Å². The molecule has 0 bridgehead atoms. The Kier molecular flexibility index (Phi) is 7.23. The van der Waals surface area contributed by atoms with Gasteiger partial charge in [0, 0.05) is 31.0 Å². The highest BCUT2D eigenvalue weighted by Gasteiger charge is 2.15. The molecule has 0 aromatic heterocycles. The number of nitrogens with zero attached hydrogens (tertiary/aromatic N) is 1. The van der Waals surface area contributed by atoms with Crippen molar-refractivity contribution in [3.8, 4) is 0 Å². The molecule has 1 atom stereocenters. The maximum Gasteiger partial charge on any atom is 0.303 e. The van der Waals surface area contributed by atoms with Crippen LogP contribution in [0.3, 0.4) is 0 Å². The quantitative estimate of drug-likeness (QED) is 0.749. The molecule has 116 valence electrons. The molecule has 1 amide bonds. The summed E-state index contributed by atoms with van der Waals surface area (Å²) in [5.41, 5.74) is 1.14. The number of carbonyl (C=O) groups excluding carboxylic acids is 1. The number of carbonyl (C=O) groups is 2. The van der Waals surface area contributed by atoms with Crippen LogP contribution in [0.5, 0.6) is 0 Å². The minimum Gasteiger partial charge on any atom is -0.481 e. The average molecular weight is 312 g/mol. The largest absolute Gasteiger partial charge is 0.481 e. The monoisotopic (exact) mass is 311 g/mol. The van der Waals surface area contributed by atoms with Gasteiger partial charge in [-0.3, -0.25) is 9.59 Å². The van der Waals surface area contributed by atoms with Crippen molar-refractivity contribution in [2.45, 2.75) is 45.1 Å². The van der Waals surface area contributed by atoms with E-state index in [2.05, 4.69) is 0 Å². The normalized spacial score (nSPS) is 12.0. The Bertz CT molecular complexity index is 473. The van der Waals surface area contributed by atoms with Gasteiger partial charge in [-0.1, -0.05) is 23.7 Å². The molecule has 0 radical (unpaired) electrons. The molecule has 0 spiro atoms. The lowest BCUT2D eigenvalue weighted by molar-refractivity contribution is -0.137. The molecule has 5 heteroatoms. The van der Waals surface area contributed by atoms with E-state index in [0.717, 1.165) is 12.0 Å². The first-order valence-corrected chi connectivity index (χ1v) is 7.50. The molecular weight excluding hydrogens is 290 g/mol. The van der Waals surface area contributed by atoms with Crippen LogP contribution in [0.1, 0.15) is 38.2 Å². The SMILES string of the molecule is CC(Cc1ccc(Cl)cc1)N(C)C(=O)CCCCC(=O)O. The van der Waals surface area contributed by atoms with Gasteiger partial charge in [0.05, 0.1) is 0 Å². The van der Waals surface area contributed by atoms with E-state index in [1.807, 2.05) is 31.2 Å². The molecule has 0 aliphatic rings. The number of halogens is 1. The number of hydrogen-bond acceptors (Lipinski definition) is 2. The first kappa shape index (κ1) is 17.5. The van der Waals surface area contributed by atoms with Crippen molar-refractivity contribution in [1.82, 2.24) is 4.90 Å². The molecule has 1 aromatic carbocycles. The van der Waals surface area contributed by atoms with Crippen LogP contribution in [0, 0.1) is 0 Å². The highest BCUT2D eigenvalue weighted by molar-refractivity contribution is 6.30. The van der Waals surface area contributed by atoms with Crippen LogP contribution in [-0.4, -0.2) is 35.0 Å². The summed E-state index contributed by atoms with van der Waals surface area (Å²) >= 11 is 5.85. The number of unbranched alkanes of at least 4 members (excludes halogenated alkanes) is 1. The Labute approximate surface area is 130 Å². The lowest BCUT2D eigenvalue weighted by atomic mass is 10.1. The number of hydrogen-bond donors (Lipinski definition) is 1. The molecular formula is C16H22ClNO3. The maximum atomic E-state index is 12.0. The van der Waals surface area contributed by atoms with Gasteiger partial charge in [-0.05, 0) is 43.9 Å². The number of likely N-dealkylation sites (N-methyl/N-ethyl adjacent to an activating group) is 1. The van der Waals surface area contributed by atoms with Crippen LogP contribution in [0.25, 0.3) is 0 Å². The predicted molar refractivity (Wildman–Crippen MR) is 83.5 cm³/mol.